The SMILES string of the molecule is C[C@@]12CC[C@@H](O)[C@@](C)(C(=O)O)[C@H]1CC[C@@]13C[C@@H](CC[C@H]12)[C@@](O)(CO)C3. The van der Waals surface area contributed by atoms with Crippen LogP contribution in [0.4, 0.5) is 0 Å². The molecule has 0 heterocycles. The van der Waals surface area contributed by atoms with Crippen molar-refractivity contribution in [1.29, 1.82) is 0 Å². The van der Waals surface area contributed by atoms with E-state index in [2.05, 4.69) is 6.92 Å². The molecular formula is C20H32O5. The molecule has 0 aromatic rings. The van der Waals surface area contributed by atoms with Crippen LogP contribution < -0.4 is 0 Å². The highest BCUT2D eigenvalue weighted by molar-refractivity contribution is 5.76. The molecule has 4 rings (SSSR count). The molecular weight excluding hydrogens is 320 g/mol. The normalized spacial score (nSPS) is 57.6. The maximum atomic E-state index is 12.1. The second-order valence-electron chi connectivity index (χ2n) is 10.1. The van der Waals surface area contributed by atoms with Gasteiger partial charge in [0, 0.05) is 0 Å². The van der Waals surface area contributed by atoms with Gasteiger partial charge < -0.3 is 20.4 Å². The predicted molar refractivity (Wildman–Crippen MR) is 91.7 cm³/mol. The molecule has 0 amide bonds. The Balaban J connectivity index is 1.74. The zero-order chi connectivity index (χ0) is 18.3. The minimum absolute atomic E-state index is 0.0313. The van der Waals surface area contributed by atoms with Gasteiger partial charge in [-0.15, -0.1) is 0 Å². The lowest BCUT2D eigenvalue weighted by atomic mass is 9.40. The molecule has 25 heavy (non-hydrogen) atoms. The maximum absolute atomic E-state index is 12.1. The number of aliphatic carboxylic acids is 1. The Morgan fingerprint density at radius 1 is 1.08 bits per heavy atom. The first-order valence-electron chi connectivity index (χ1n) is 9.87. The second kappa shape index (κ2) is 5.20. The minimum Gasteiger partial charge on any atom is -0.481 e. The molecule has 4 N–H and O–H groups in total. The van der Waals surface area contributed by atoms with E-state index in [-0.39, 0.29) is 29.3 Å². The fraction of sp³-hybridized carbons (Fsp3) is 0.950. The molecule has 4 saturated carbocycles. The molecule has 0 radical (unpaired) electrons. The van der Waals surface area contributed by atoms with Crippen molar-refractivity contribution in [1.82, 2.24) is 0 Å². The topological polar surface area (TPSA) is 98.0 Å². The molecule has 2 bridgehead atoms. The summed E-state index contributed by atoms with van der Waals surface area (Å²) in [6, 6.07) is 0. The molecule has 0 aromatic carbocycles. The van der Waals surface area contributed by atoms with Gasteiger partial charge in [-0.1, -0.05) is 6.92 Å². The Kier molecular flexibility index (Phi) is 3.69. The van der Waals surface area contributed by atoms with Gasteiger partial charge in [0.25, 0.3) is 0 Å². The molecule has 4 fully saturated rings. The minimum atomic E-state index is -1.09. The third-order valence-electron chi connectivity index (χ3n) is 9.24. The fourth-order valence-corrected chi connectivity index (χ4v) is 8.01. The van der Waals surface area contributed by atoms with Gasteiger partial charge in [-0.25, -0.2) is 0 Å². The molecule has 0 aliphatic heterocycles. The summed E-state index contributed by atoms with van der Waals surface area (Å²) in [4.78, 5) is 12.1. The van der Waals surface area contributed by atoms with Crippen LogP contribution >= 0.6 is 0 Å². The number of aliphatic hydroxyl groups is 3. The van der Waals surface area contributed by atoms with Crippen LogP contribution in [0.2, 0.25) is 0 Å². The Hall–Kier alpha value is -0.650. The van der Waals surface area contributed by atoms with Crippen LogP contribution in [0.25, 0.3) is 0 Å². The number of aliphatic hydroxyl groups excluding tert-OH is 2. The second-order valence-corrected chi connectivity index (χ2v) is 10.1. The zero-order valence-electron chi connectivity index (χ0n) is 15.4. The number of fused-ring (bicyclic) bond motifs is 3. The number of rotatable bonds is 2. The van der Waals surface area contributed by atoms with Crippen molar-refractivity contribution < 1.29 is 25.2 Å². The molecule has 0 saturated heterocycles. The lowest BCUT2D eigenvalue weighted by Crippen LogP contribution is -2.62. The Labute approximate surface area is 149 Å². The van der Waals surface area contributed by atoms with Crippen molar-refractivity contribution in [3.8, 4) is 0 Å². The van der Waals surface area contributed by atoms with Gasteiger partial charge in [0.1, 0.15) is 0 Å². The standard InChI is InChI=1S/C20H32O5/c1-17-7-6-15(22)18(2,16(23)24)13(17)5-8-19-9-12(3-4-14(17)19)20(25,10-19)11-21/h12-15,21-22,25H,3-11H2,1-2H3,(H,23,24)/t12-,13+,14+,15-,17-,18+,19+,20+/m1/s1. The summed E-state index contributed by atoms with van der Waals surface area (Å²) in [5.41, 5.74) is -2.12. The molecule has 142 valence electrons. The van der Waals surface area contributed by atoms with Gasteiger partial charge in [0.05, 0.1) is 23.7 Å². The van der Waals surface area contributed by atoms with Gasteiger partial charge in [0.15, 0.2) is 0 Å². The van der Waals surface area contributed by atoms with Crippen LogP contribution in [0.3, 0.4) is 0 Å². The van der Waals surface area contributed by atoms with E-state index >= 15 is 0 Å². The van der Waals surface area contributed by atoms with Crippen LogP contribution in [-0.4, -0.2) is 44.7 Å². The summed E-state index contributed by atoms with van der Waals surface area (Å²) >= 11 is 0. The predicted octanol–water partition coefficient (Wildman–Crippen LogP) is 2.18. The average molecular weight is 352 g/mol. The van der Waals surface area contributed by atoms with Crippen LogP contribution in [0.15, 0.2) is 0 Å². The van der Waals surface area contributed by atoms with Gasteiger partial charge >= 0.3 is 5.97 Å². The third kappa shape index (κ3) is 2.03. The summed E-state index contributed by atoms with van der Waals surface area (Å²) in [7, 11) is 0. The summed E-state index contributed by atoms with van der Waals surface area (Å²) in [6.45, 7) is 3.81. The Morgan fingerprint density at radius 2 is 1.80 bits per heavy atom. The van der Waals surface area contributed by atoms with E-state index in [0.717, 1.165) is 38.5 Å². The molecule has 5 heteroatoms. The van der Waals surface area contributed by atoms with E-state index < -0.39 is 23.1 Å². The lowest BCUT2D eigenvalue weighted by molar-refractivity contribution is -0.204. The summed E-state index contributed by atoms with van der Waals surface area (Å²) in [5, 5.41) is 41.2. The molecule has 4 aliphatic carbocycles. The van der Waals surface area contributed by atoms with Crippen molar-refractivity contribution in [2.24, 2.45) is 34.0 Å². The Morgan fingerprint density at radius 3 is 2.44 bits per heavy atom. The van der Waals surface area contributed by atoms with Gasteiger partial charge in [-0.3, -0.25) is 4.79 Å². The van der Waals surface area contributed by atoms with E-state index in [0.29, 0.717) is 18.8 Å². The van der Waals surface area contributed by atoms with Crippen molar-refractivity contribution in [2.75, 3.05) is 6.61 Å². The molecule has 0 unspecified atom stereocenters. The van der Waals surface area contributed by atoms with Crippen molar-refractivity contribution in [3.05, 3.63) is 0 Å². The quantitative estimate of drug-likeness (QED) is 0.611. The molecule has 4 aliphatic rings. The maximum Gasteiger partial charge on any atom is 0.312 e. The first kappa shape index (κ1) is 17.7. The number of hydrogen-bond donors (Lipinski definition) is 4. The fourth-order valence-electron chi connectivity index (χ4n) is 8.01. The van der Waals surface area contributed by atoms with Crippen molar-refractivity contribution in [2.45, 2.75) is 76.9 Å². The average Bonchev–Trinajstić information content (AvgIpc) is 2.78. The third-order valence-corrected chi connectivity index (χ3v) is 9.24. The largest absolute Gasteiger partial charge is 0.481 e. The van der Waals surface area contributed by atoms with Gasteiger partial charge in [-0.05, 0) is 86.9 Å². The molecule has 0 aromatic heterocycles. The Bertz CT molecular complexity index is 593. The summed E-state index contributed by atoms with van der Waals surface area (Å²) in [6.07, 6.45) is 5.85. The highest BCUT2D eigenvalue weighted by Gasteiger charge is 2.69. The first-order chi connectivity index (χ1) is 11.6. The highest BCUT2D eigenvalue weighted by Crippen LogP contribution is 2.72. The van der Waals surface area contributed by atoms with E-state index in [1.165, 1.54) is 0 Å². The summed E-state index contributed by atoms with van der Waals surface area (Å²) in [5.74, 6) is -0.356. The van der Waals surface area contributed by atoms with E-state index in [1.807, 2.05) is 0 Å². The van der Waals surface area contributed by atoms with Crippen LogP contribution in [0, 0.1) is 34.0 Å². The van der Waals surface area contributed by atoms with Crippen molar-refractivity contribution >= 4 is 5.97 Å². The zero-order valence-corrected chi connectivity index (χ0v) is 15.4. The first-order valence-corrected chi connectivity index (χ1v) is 9.87. The monoisotopic (exact) mass is 352 g/mol. The molecule has 1 spiro atoms. The van der Waals surface area contributed by atoms with E-state index in [9.17, 15) is 25.2 Å². The smallest absolute Gasteiger partial charge is 0.312 e. The highest BCUT2D eigenvalue weighted by atomic mass is 16.4. The number of carboxylic acid groups (broad SMARTS) is 1. The van der Waals surface area contributed by atoms with E-state index in [4.69, 9.17) is 0 Å². The number of carbonyl (C=O) groups is 1. The van der Waals surface area contributed by atoms with Crippen LogP contribution in [-0.2, 0) is 4.79 Å². The number of hydrogen-bond acceptors (Lipinski definition) is 4. The van der Waals surface area contributed by atoms with Crippen LogP contribution in [0.1, 0.15) is 65.2 Å². The van der Waals surface area contributed by atoms with Crippen molar-refractivity contribution in [3.63, 3.8) is 0 Å². The number of carboxylic acids is 1. The summed E-state index contributed by atoms with van der Waals surface area (Å²) < 4.78 is 0. The van der Waals surface area contributed by atoms with Gasteiger partial charge in [0.2, 0.25) is 0 Å². The van der Waals surface area contributed by atoms with Gasteiger partial charge in [-0.2, -0.15) is 0 Å². The molecule has 8 atom stereocenters. The lowest BCUT2D eigenvalue weighted by Gasteiger charge is -2.64. The van der Waals surface area contributed by atoms with E-state index in [1.54, 1.807) is 6.92 Å². The molecule has 5 nitrogen and oxygen atoms in total. The van der Waals surface area contributed by atoms with Crippen LogP contribution in [0.5, 0.6) is 0 Å².